The van der Waals surface area contributed by atoms with Crippen molar-refractivity contribution >= 4 is 32.8 Å². The molecule has 1 heterocycles. The molecule has 2 rings (SSSR count). The maximum atomic E-state index is 12.2. The van der Waals surface area contributed by atoms with Crippen LogP contribution in [0.5, 0.6) is 0 Å². The number of sulfonamides is 1. The molecule has 104 valence electrons. The monoisotopic (exact) mass is 301 g/mol. The van der Waals surface area contributed by atoms with Crippen molar-refractivity contribution in [3.8, 4) is 0 Å². The maximum Gasteiger partial charge on any atom is 0.242 e. The van der Waals surface area contributed by atoms with Gasteiger partial charge in [-0.25, -0.2) is 13.1 Å². The van der Waals surface area contributed by atoms with E-state index in [0.29, 0.717) is 17.8 Å². The lowest BCUT2D eigenvalue weighted by Gasteiger charge is -2.12. The molecule has 0 aromatic heterocycles. The molecule has 1 aromatic rings. The average Bonchev–Trinajstić information content (AvgIpc) is 2.84. The first-order valence-electron chi connectivity index (χ1n) is 5.93. The molecule has 6 nitrogen and oxygen atoms in total. The summed E-state index contributed by atoms with van der Waals surface area (Å²) in [5.74, 6) is 0. The van der Waals surface area contributed by atoms with Crippen LogP contribution in [-0.2, 0) is 21.4 Å². The molecule has 0 saturated heterocycles. The molecule has 1 unspecified atom stereocenters. The summed E-state index contributed by atoms with van der Waals surface area (Å²) in [4.78, 5) is 0.0995. The predicted octanol–water partition coefficient (Wildman–Crippen LogP) is 1.85. The summed E-state index contributed by atoms with van der Waals surface area (Å²) in [5, 5.41) is 9.58. The van der Waals surface area contributed by atoms with E-state index in [1.165, 1.54) is 6.07 Å². The lowest BCUT2D eigenvalue weighted by atomic mass is 10.2. The molecule has 0 aliphatic carbocycles. The quantitative estimate of drug-likeness (QED) is 0.853. The fraction of sp³-hybridized carbons (Fsp3) is 0.455. The molecule has 8 heteroatoms. The van der Waals surface area contributed by atoms with Gasteiger partial charge in [-0.15, -0.1) is 0 Å². The summed E-state index contributed by atoms with van der Waals surface area (Å²) in [6.07, 6.45) is 0.687. The van der Waals surface area contributed by atoms with Crippen molar-refractivity contribution in [2.45, 2.75) is 30.8 Å². The normalized spacial score (nSPS) is 15.1. The Morgan fingerprint density at radius 1 is 1.42 bits per heavy atom. The van der Waals surface area contributed by atoms with Gasteiger partial charge in [0.1, 0.15) is 16.3 Å². The Hall–Kier alpha value is -1.09. The van der Waals surface area contributed by atoms with Crippen LogP contribution >= 0.6 is 0 Å². The Balaban J connectivity index is 2.17. The highest BCUT2D eigenvalue weighted by atomic mass is 32.2. The summed E-state index contributed by atoms with van der Waals surface area (Å²) >= 11 is 0.974. The summed E-state index contributed by atoms with van der Waals surface area (Å²) in [6, 6.07) is 4.82. The van der Waals surface area contributed by atoms with Crippen LogP contribution in [0, 0.1) is 0 Å². The fourth-order valence-corrected chi connectivity index (χ4v) is 3.55. The third-order valence-electron chi connectivity index (χ3n) is 2.67. The highest BCUT2D eigenvalue weighted by Crippen LogP contribution is 2.37. The third-order valence-corrected chi connectivity index (χ3v) is 4.67. The molecule has 1 aromatic carbocycles. The van der Waals surface area contributed by atoms with Gasteiger partial charge in [-0.3, -0.25) is 0 Å². The summed E-state index contributed by atoms with van der Waals surface area (Å²) in [5.41, 5.74) is 0.923. The van der Waals surface area contributed by atoms with E-state index in [0.717, 1.165) is 17.8 Å². The van der Waals surface area contributed by atoms with E-state index >= 15 is 0 Å². The number of fused-ring (bicyclic) bond motifs is 1. The van der Waals surface area contributed by atoms with Crippen molar-refractivity contribution in [1.29, 1.82) is 0 Å². The number of nitrogens with zero attached hydrogens (tertiary/aromatic N) is 2. The summed E-state index contributed by atoms with van der Waals surface area (Å²) in [7, 11) is -3.68. The number of hydrogen-bond donors (Lipinski definition) is 2. The fourth-order valence-electron chi connectivity index (χ4n) is 1.72. The molecule has 0 fully saturated rings. The summed E-state index contributed by atoms with van der Waals surface area (Å²) < 4.78 is 34.7. The molecule has 1 aliphatic heterocycles. The van der Waals surface area contributed by atoms with Gasteiger partial charge in [0, 0.05) is 6.54 Å². The minimum Gasteiger partial charge on any atom is -0.392 e. The second-order valence-corrected chi connectivity index (χ2v) is 6.45. The van der Waals surface area contributed by atoms with E-state index in [4.69, 9.17) is 0 Å². The predicted molar refractivity (Wildman–Crippen MR) is 74.1 cm³/mol. The van der Waals surface area contributed by atoms with Crippen LogP contribution < -0.4 is 4.72 Å². The van der Waals surface area contributed by atoms with Gasteiger partial charge >= 0.3 is 0 Å². The molecule has 0 bridgehead atoms. The number of nitrogens with one attached hydrogen (secondary N) is 1. The van der Waals surface area contributed by atoms with Gasteiger partial charge in [0.15, 0.2) is 0 Å². The van der Waals surface area contributed by atoms with Crippen LogP contribution in [0.1, 0.15) is 19.8 Å². The molecule has 0 radical (unpaired) electrons. The van der Waals surface area contributed by atoms with Crippen LogP contribution in [0.15, 0.2) is 31.8 Å². The van der Waals surface area contributed by atoms with Crippen molar-refractivity contribution in [3.63, 3.8) is 0 Å². The van der Waals surface area contributed by atoms with Gasteiger partial charge in [0.2, 0.25) is 10.0 Å². The first-order chi connectivity index (χ1) is 9.04. The minimum absolute atomic E-state index is 0.00409. The molecular weight excluding hydrogens is 286 g/mol. The number of aliphatic hydroxyl groups excluding tert-OH is 1. The topological polar surface area (TPSA) is 91.1 Å². The van der Waals surface area contributed by atoms with Crippen LogP contribution in [0.2, 0.25) is 0 Å². The Morgan fingerprint density at radius 2 is 2.21 bits per heavy atom. The maximum absolute atomic E-state index is 12.2. The Labute approximate surface area is 115 Å². The van der Waals surface area contributed by atoms with Gasteiger partial charge in [-0.2, -0.15) is 8.73 Å². The Morgan fingerprint density at radius 3 is 2.95 bits per heavy atom. The van der Waals surface area contributed by atoms with Crippen molar-refractivity contribution in [3.05, 3.63) is 18.2 Å². The Kier molecular flexibility index (Phi) is 4.46. The molecule has 19 heavy (non-hydrogen) atoms. The van der Waals surface area contributed by atoms with Gasteiger partial charge in [0.25, 0.3) is 0 Å². The number of benzene rings is 1. The zero-order valence-corrected chi connectivity index (χ0v) is 12.0. The van der Waals surface area contributed by atoms with Crippen LogP contribution in [0.4, 0.5) is 11.4 Å². The molecule has 0 spiro atoms. The van der Waals surface area contributed by atoms with Crippen LogP contribution in [0.25, 0.3) is 0 Å². The molecule has 2 N–H and O–H groups in total. The highest BCUT2D eigenvalue weighted by molar-refractivity contribution is 7.89. The number of hydrogen-bond acceptors (Lipinski definition) is 5. The van der Waals surface area contributed by atoms with Crippen LogP contribution in [0.3, 0.4) is 0 Å². The smallest absolute Gasteiger partial charge is 0.242 e. The minimum atomic E-state index is -3.68. The standard InChI is InChI=1S/C11H15N3O3S2/c1-2-4-8(15)7-12-19(16,17)10-6-3-5-9-11(10)14-18-13-9/h3,5-6,8,12,15H,2,4,7H2,1H3. The second-order valence-electron chi connectivity index (χ2n) is 4.18. The van der Waals surface area contributed by atoms with E-state index in [1.807, 2.05) is 6.92 Å². The van der Waals surface area contributed by atoms with E-state index in [2.05, 4.69) is 13.4 Å². The molecular formula is C11H15N3O3S2. The molecule has 0 saturated carbocycles. The first kappa shape index (κ1) is 14.3. The molecule has 1 aliphatic rings. The second kappa shape index (κ2) is 5.91. The van der Waals surface area contributed by atoms with Gasteiger partial charge in [-0.05, 0) is 18.6 Å². The largest absolute Gasteiger partial charge is 0.392 e. The lowest BCUT2D eigenvalue weighted by Crippen LogP contribution is -2.32. The van der Waals surface area contributed by atoms with Crippen molar-refractivity contribution in [2.75, 3.05) is 6.54 Å². The van der Waals surface area contributed by atoms with Gasteiger partial charge in [-0.1, -0.05) is 19.4 Å². The van der Waals surface area contributed by atoms with E-state index in [9.17, 15) is 13.5 Å². The number of rotatable bonds is 6. The first-order valence-corrected chi connectivity index (χ1v) is 8.15. The van der Waals surface area contributed by atoms with E-state index in [1.54, 1.807) is 12.1 Å². The van der Waals surface area contributed by atoms with E-state index in [-0.39, 0.29) is 11.4 Å². The molecule has 0 amide bonds. The van der Waals surface area contributed by atoms with Gasteiger partial charge < -0.3 is 5.11 Å². The zero-order chi connectivity index (χ0) is 13.9. The van der Waals surface area contributed by atoms with Crippen molar-refractivity contribution in [1.82, 2.24) is 4.72 Å². The van der Waals surface area contributed by atoms with Crippen LogP contribution in [-0.4, -0.2) is 26.2 Å². The highest BCUT2D eigenvalue weighted by Gasteiger charge is 2.22. The SMILES string of the molecule is CCCC(O)CNS(=O)(=O)c1cccc2c1N=S=N2. The molecule has 1 atom stereocenters. The van der Waals surface area contributed by atoms with Crippen molar-refractivity contribution < 1.29 is 13.5 Å². The number of aliphatic hydroxyl groups is 1. The zero-order valence-electron chi connectivity index (χ0n) is 10.4. The van der Waals surface area contributed by atoms with Crippen molar-refractivity contribution in [2.24, 2.45) is 8.73 Å². The lowest BCUT2D eigenvalue weighted by molar-refractivity contribution is 0.167. The summed E-state index contributed by atoms with van der Waals surface area (Å²) in [6.45, 7) is 1.93. The third kappa shape index (κ3) is 3.27. The van der Waals surface area contributed by atoms with E-state index < -0.39 is 16.1 Å². The Bertz CT molecular complexity index is 637. The van der Waals surface area contributed by atoms with Gasteiger partial charge in [0.05, 0.1) is 17.5 Å². The average molecular weight is 301 g/mol.